The second kappa shape index (κ2) is 8.29. The average Bonchev–Trinajstić information content (AvgIpc) is 3.46. The number of hydrogen-bond donors (Lipinski definition) is 1. The van der Waals surface area contributed by atoms with E-state index >= 15 is 0 Å². The molecule has 1 aromatic heterocycles. The molecule has 1 unspecified atom stereocenters. The standard InChI is InChI=1S/C27H31N3O3S/c1-16(31)23-22(20-6-3-2-4-7-20)28-26(34-23)29-24(32)21-8-5-9-30(21)25(33)27-13-17-10-18(14-27)12-19(11-17)15-27/h2-4,6-7,17-19,21H,5,8-15H2,1H3,(H,28,29,32). The summed E-state index contributed by atoms with van der Waals surface area (Å²) in [4.78, 5) is 46.5. The van der Waals surface area contributed by atoms with E-state index < -0.39 is 6.04 Å². The number of benzene rings is 1. The third kappa shape index (κ3) is 3.69. The Kier molecular flexibility index (Phi) is 5.36. The number of amides is 2. The van der Waals surface area contributed by atoms with Gasteiger partial charge in [0.1, 0.15) is 6.04 Å². The number of carbonyl (C=O) groups excluding carboxylic acids is 3. The second-order valence-electron chi connectivity index (χ2n) is 11.0. The lowest BCUT2D eigenvalue weighted by atomic mass is 9.49. The molecule has 1 N–H and O–H groups in total. The summed E-state index contributed by atoms with van der Waals surface area (Å²) >= 11 is 1.21. The number of anilines is 1. The van der Waals surface area contributed by atoms with Crippen LogP contribution in [0.25, 0.3) is 11.3 Å². The molecular formula is C27H31N3O3S. The zero-order valence-electron chi connectivity index (χ0n) is 19.6. The summed E-state index contributed by atoms with van der Waals surface area (Å²) in [5.74, 6) is 2.05. The van der Waals surface area contributed by atoms with E-state index in [2.05, 4.69) is 10.3 Å². The normalized spacial score (nSPS) is 31.6. The van der Waals surface area contributed by atoms with Gasteiger partial charge in [0.05, 0.1) is 16.0 Å². The van der Waals surface area contributed by atoms with Crippen LogP contribution in [0.4, 0.5) is 5.13 Å². The molecule has 4 saturated carbocycles. The van der Waals surface area contributed by atoms with E-state index in [9.17, 15) is 14.4 Å². The second-order valence-corrected chi connectivity index (χ2v) is 12.0. The van der Waals surface area contributed by atoms with Gasteiger partial charge in [-0.05, 0) is 69.1 Å². The lowest BCUT2D eigenvalue weighted by Gasteiger charge is -2.56. The van der Waals surface area contributed by atoms with Crippen molar-refractivity contribution in [3.8, 4) is 11.3 Å². The molecule has 2 heterocycles. The van der Waals surface area contributed by atoms with E-state index in [-0.39, 0.29) is 23.0 Å². The summed E-state index contributed by atoms with van der Waals surface area (Å²) in [5, 5.41) is 3.37. The molecule has 6 nitrogen and oxygen atoms in total. The maximum absolute atomic E-state index is 13.9. The molecule has 2 amide bonds. The molecule has 1 aromatic carbocycles. The number of nitrogens with one attached hydrogen (secondary N) is 1. The first-order valence-electron chi connectivity index (χ1n) is 12.6. The third-order valence-electron chi connectivity index (χ3n) is 8.53. The summed E-state index contributed by atoms with van der Waals surface area (Å²) in [7, 11) is 0. The highest BCUT2D eigenvalue weighted by atomic mass is 32.1. The quantitative estimate of drug-likeness (QED) is 0.604. The van der Waals surface area contributed by atoms with Crippen molar-refractivity contribution in [1.29, 1.82) is 0 Å². The molecule has 5 fully saturated rings. The zero-order valence-corrected chi connectivity index (χ0v) is 20.4. The Labute approximate surface area is 204 Å². The van der Waals surface area contributed by atoms with Gasteiger partial charge in [0.2, 0.25) is 11.8 Å². The minimum absolute atomic E-state index is 0.0728. The van der Waals surface area contributed by atoms with Gasteiger partial charge >= 0.3 is 0 Å². The molecule has 7 heteroatoms. The number of Topliss-reactive ketones (excluding diaryl/α,β-unsaturated/α-hetero) is 1. The highest BCUT2D eigenvalue weighted by Gasteiger charge is 2.56. The fourth-order valence-corrected chi connectivity index (χ4v) is 8.44. The molecule has 2 aromatic rings. The molecule has 0 spiro atoms. The molecule has 4 aliphatic carbocycles. The van der Waals surface area contributed by atoms with Crippen LogP contribution in [0.5, 0.6) is 0 Å². The van der Waals surface area contributed by atoms with Crippen LogP contribution in [0.1, 0.15) is 68.0 Å². The van der Waals surface area contributed by atoms with Crippen LogP contribution in [-0.4, -0.2) is 40.1 Å². The number of hydrogen-bond acceptors (Lipinski definition) is 5. The number of thiazole rings is 1. The molecule has 34 heavy (non-hydrogen) atoms. The molecule has 4 bridgehead atoms. The van der Waals surface area contributed by atoms with Crippen molar-refractivity contribution in [3.05, 3.63) is 35.2 Å². The first-order valence-corrected chi connectivity index (χ1v) is 13.4. The van der Waals surface area contributed by atoms with Crippen molar-refractivity contribution < 1.29 is 14.4 Å². The highest BCUT2D eigenvalue weighted by Crippen LogP contribution is 2.60. The van der Waals surface area contributed by atoms with Crippen molar-refractivity contribution in [3.63, 3.8) is 0 Å². The molecular weight excluding hydrogens is 446 g/mol. The predicted octanol–water partition coefficient (Wildman–Crippen LogP) is 5.16. The Morgan fingerprint density at radius 2 is 1.68 bits per heavy atom. The van der Waals surface area contributed by atoms with Crippen LogP contribution in [-0.2, 0) is 9.59 Å². The van der Waals surface area contributed by atoms with Crippen LogP contribution in [0.3, 0.4) is 0 Å². The molecule has 1 atom stereocenters. The van der Waals surface area contributed by atoms with Crippen LogP contribution in [0, 0.1) is 23.2 Å². The first kappa shape index (κ1) is 22.0. The number of ketones is 1. The van der Waals surface area contributed by atoms with Gasteiger partial charge in [0.25, 0.3) is 0 Å². The number of rotatable bonds is 5. The Balaban J connectivity index is 1.21. The average molecular weight is 478 g/mol. The van der Waals surface area contributed by atoms with Crippen molar-refractivity contribution >= 4 is 34.1 Å². The van der Waals surface area contributed by atoms with E-state index in [1.165, 1.54) is 37.5 Å². The SMILES string of the molecule is CC(=O)c1sc(NC(=O)C2CCCN2C(=O)C23CC4CC(CC(C4)C2)C3)nc1-c1ccccc1. The minimum atomic E-state index is -0.453. The Morgan fingerprint density at radius 3 is 2.29 bits per heavy atom. The van der Waals surface area contributed by atoms with Crippen LogP contribution >= 0.6 is 11.3 Å². The van der Waals surface area contributed by atoms with E-state index in [1.807, 2.05) is 35.2 Å². The third-order valence-corrected chi connectivity index (χ3v) is 9.60. The maximum atomic E-state index is 13.9. The Morgan fingerprint density at radius 1 is 1.03 bits per heavy atom. The van der Waals surface area contributed by atoms with Crippen molar-refractivity contribution in [2.75, 3.05) is 11.9 Å². The lowest BCUT2D eigenvalue weighted by molar-refractivity contribution is -0.160. The summed E-state index contributed by atoms with van der Waals surface area (Å²) in [6.45, 7) is 2.18. The van der Waals surface area contributed by atoms with Gasteiger partial charge in [-0.25, -0.2) is 4.98 Å². The number of nitrogens with zero attached hydrogens (tertiary/aromatic N) is 2. The molecule has 5 aliphatic rings. The summed E-state index contributed by atoms with van der Waals surface area (Å²) in [6.07, 6.45) is 8.45. The topological polar surface area (TPSA) is 79.4 Å². The Hall–Kier alpha value is -2.54. The smallest absolute Gasteiger partial charge is 0.248 e. The van der Waals surface area contributed by atoms with Gasteiger partial charge in [0.15, 0.2) is 10.9 Å². The van der Waals surface area contributed by atoms with E-state index in [0.29, 0.717) is 46.4 Å². The van der Waals surface area contributed by atoms with Crippen LogP contribution < -0.4 is 5.32 Å². The fourth-order valence-electron chi connectivity index (χ4n) is 7.55. The molecule has 1 saturated heterocycles. The zero-order chi connectivity index (χ0) is 23.4. The van der Waals surface area contributed by atoms with Gasteiger partial charge in [-0.2, -0.15) is 0 Å². The fraction of sp³-hybridized carbons (Fsp3) is 0.556. The molecule has 7 rings (SSSR count). The maximum Gasteiger partial charge on any atom is 0.248 e. The monoisotopic (exact) mass is 477 g/mol. The van der Waals surface area contributed by atoms with Crippen molar-refractivity contribution in [2.24, 2.45) is 23.2 Å². The van der Waals surface area contributed by atoms with Crippen LogP contribution in [0.2, 0.25) is 0 Å². The first-order chi connectivity index (χ1) is 16.4. The summed E-state index contributed by atoms with van der Waals surface area (Å²) in [5.41, 5.74) is 1.21. The van der Waals surface area contributed by atoms with Gasteiger partial charge < -0.3 is 10.2 Å². The number of aromatic nitrogens is 1. The predicted molar refractivity (Wildman–Crippen MR) is 132 cm³/mol. The minimum Gasteiger partial charge on any atom is -0.330 e. The molecule has 1 aliphatic heterocycles. The lowest BCUT2D eigenvalue weighted by Crippen LogP contribution is -2.56. The largest absolute Gasteiger partial charge is 0.330 e. The van der Waals surface area contributed by atoms with Crippen LogP contribution in [0.15, 0.2) is 30.3 Å². The van der Waals surface area contributed by atoms with E-state index in [0.717, 1.165) is 31.2 Å². The summed E-state index contributed by atoms with van der Waals surface area (Å²) in [6, 6.07) is 9.10. The van der Waals surface area contributed by atoms with Gasteiger partial charge in [-0.3, -0.25) is 14.4 Å². The molecule has 0 radical (unpaired) electrons. The van der Waals surface area contributed by atoms with Gasteiger partial charge in [-0.15, -0.1) is 0 Å². The van der Waals surface area contributed by atoms with Gasteiger partial charge in [0, 0.05) is 19.0 Å². The molecule has 178 valence electrons. The van der Waals surface area contributed by atoms with E-state index in [4.69, 9.17) is 0 Å². The number of likely N-dealkylation sites (tertiary alicyclic amines) is 1. The van der Waals surface area contributed by atoms with Crippen molar-refractivity contribution in [1.82, 2.24) is 9.88 Å². The number of carbonyl (C=O) groups is 3. The van der Waals surface area contributed by atoms with Gasteiger partial charge in [-0.1, -0.05) is 41.7 Å². The highest BCUT2D eigenvalue weighted by molar-refractivity contribution is 7.18. The van der Waals surface area contributed by atoms with E-state index in [1.54, 1.807) is 0 Å². The summed E-state index contributed by atoms with van der Waals surface area (Å²) < 4.78 is 0. The van der Waals surface area contributed by atoms with Crippen molar-refractivity contribution in [2.45, 2.75) is 64.3 Å². The Bertz CT molecular complexity index is 1110.